The largest absolute Gasteiger partial charge is 0.459 e. The zero-order chi connectivity index (χ0) is 29.7. The van der Waals surface area contributed by atoms with Crippen LogP contribution in [0.4, 0.5) is 0 Å². The van der Waals surface area contributed by atoms with Crippen molar-refractivity contribution in [3.63, 3.8) is 0 Å². The van der Waals surface area contributed by atoms with Crippen molar-refractivity contribution in [3.05, 3.63) is 24.3 Å². The van der Waals surface area contributed by atoms with Gasteiger partial charge < -0.3 is 32.8 Å². The van der Waals surface area contributed by atoms with E-state index in [0.717, 1.165) is 6.42 Å². The molecule has 3 rings (SSSR count). The molecule has 3 aliphatic heterocycles. The first kappa shape index (κ1) is 33.4. The summed E-state index contributed by atoms with van der Waals surface area (Å²) < 4.78 is 42.2. The van der Waals surface area contributed by atoms with Gasteiger partial charge in [-0.15, -0.1) is 0 Å². The van der Waals surface area contributed by atoms with Crippen LogP contribution < -0.4 is 0 Å². The van der Waals surface area contributed by atoms with Crippen LogP contribution in [0.5, 0.6) is 0 Å². The highest BCUT2D eigenvalue weighted by molar-refractivity contribution is 6.74. The Morgan fingerprint density at radius 2 is 1.75 bits per heavy atom. The number of esters is 1. The monoisotopic (exact) mass is 582 g/mol. The predicted molar refractivity (Wildman–Crippen MR) is 157 cm³/mol. The number of methoxy groups -OCH3 is 1. The van der Waals surface area contributed by atoms with E-state index in [-0.39, 0.29) is 60.2 Å². The number of rotatable bonds is 9. The number of epoxide rings is 1. The van der Waals surface area contributed by atoms with Crippen LogP contribution in [0.1, 0.15) is 74.1 Å². The fraction of sp³-hybridized carbons (Fsp3) is 0.839. The summed E-state index contributed by atoms with van der Waals surface area (Å²) in [7, 11) is -0.274. The average molecular weight is 583 g/mol. The Bertz CT molecular complexity index is 879. The molecule has 0 unspecified atom stereocenters. The van der Waals surface area contributed by atoms with E-state index < -0.39 is 20.2 Å². The molecule has 0 aromatic rings. The van der Waals surface area contributed by atoms with Crippen LogP contribution in [0.15, 0.2) is 24.3 Å². The van der Waals surface area contributed by atoms with Crippen LogP contribution in [0, 0.1) is 11.8 Å². The van der Waals surface area contributed by atoms with Gasteiger partial charge in [0, 0.05) is 26.6 Å². The van der Waals surface area contributed by atoms with Gasteiger partial charge in [0.25, 0.3) is 0 Å². The lowest BCUT2D eigenvalue weighted by atomic mass is 9.97. The zero-order valence-electron chi connectivity index (χ0n) is 26.4. The van der Waals surface area contributed by atoms with E-state index in [2.05, 4.69) is 53.8 Å². The molecule has 40 heavy (non-hydrogen) atoms. The normalized spacial score (nSPS) is 34.4. The fourth-order valence-electron chi connectivity index (χ4n) is 4.90. The SMILES string of the molecule is COCO[C@@H](C[C@@H](C)CO[Si](C)(C)C(C)(C)C)[C@@H]1C[C@@H]2O[C@H]2/C=C/[C@@H]2OC(C)(C)O[C@H]2/C=C/C[C@H](C)CC(=O)O1. The number of carbonyl (C=O) groups is 1. The van der Waals surface area contributed by atoms with E-state index in [1.165, 1.54) is 0 Å². The Balaban J connectivity index is 1.74. The quantitative estimate of drug-likeness (QED) is 0.105. The van der Waals surface area contributed by atoms with E-state index in [0.29, 0.717) is 25.9 Å². The van der Waals surface area contributed by atoms with Crippen molar-refractivity contribution in [1.82, 2.24) is 0 Å². The smallest absolute Gasteiger partial charge is 0.306 e. The maximum Gasteiger partial charge on any atom is 0.306 e. The van der Waals surface area contributed by atoms with E-state index in [9.17, 15) is 4.79 Å². The van der Waals surface area contributed by atoms with Gasteiger partial charge in [0.05, 0.1) is 12.2 Å². The summed E-state index contributed by atoms with van der Waals surface area (Å²) in [5, 5.41) is 0.140. The van der Waals surface area contributed by atoms with Gasteiger partial charge in [0.1, 0.15) is 31.2 Å². The Morgan fingerprint density at radius 1 is 1.10 bits per heavy atom. The molecular formula is C31H54O8Si. The van der Waals surface area contributed by atoms with Crippen LogP contribution in [0.2, 0.25) is 18.1 Å². The van der Waals surface area contributed by atoms with Crippen molar-refractivity contribution >= 4 is 14.3 Å². The van der Waals surface area contributed by atoms with Crippen molar-refractivity contribution < 1.29 is 37.6 Å². The first-order valence-electron chi connectivity index (χ1n) is 14.9. The standard InChI is InChI=1S/C31H54O8Si/c1-21-12-11-13-24-25(39-31(6,7)38-24)15-14-23-27(36-23)18-28(37-29(32)17-21)26(34-20-33-8)16-22(2)19-35-40(9,10)30(3,4)5/h11,13-15,21-28H,12,16-20H2,1-10H3/b13-11+,15-14+/t21-,22+,23-,24-,25-,26-,27-,28-/m0/s1. The zero-order valence-corrected chi connectivity index (χ0v) is 27.4. The third-order valence-electron chi connectivity index (χ3n) is 8.39. The molecule has 2 fully saturated rings. The van der Waals surface area contributed by atoms with E-state index in [4.69, 9.17) is 32.8 Å². The molecule has 8 atom stereocenters. The first-order valence-corrected chi connectivity index (χ1v) is 17.8. The van der Waals surface area contributed by atoms with Crippen molar-refractivity contribution in [2.24, 2.45) is 11.8 Å². The molecule has 0 bridgehead atoms. The van der Waals surface area contributed by atoms with Gasteiger partial charge in [0.2, 0.25) is 0 Å². The Morgan fingerprint density at radius 3 is 2.40 bits per heavy atom. The van der Waals surface area contributed by atoms with Crippen LogP contribution in [0.3, 0.4) is 0 Å². The van der Waals surface area contributed by atoms with Crippen LogP contribution in [-0.4, -0.2) is 77.2 Å². The Labute approximate surface area is 243 Å². The molecule has 2 saturated heterocycles. The molecule has 0 N–H and O–H groups in total. The highest BCUT2D eigenvalue weighted by Gasteiger charge is 2.44. The number of allylic oxidation sites excluding steroid dienone is 1. The summed E-state index contributed by atoms with van der Waals surface area (Å²) in [6.45, 7) is 20.1. The summed E-state index contributed by atoms with van der Waals surface area (Å²) in [6.07, 6.45) is 9.23. The number of ether oxygens (including phenoxy) is 6. The first-order chi connectivity index (χ1) is 18.6. The van der Waals surface area contributed by atoms with Crippen LogP contribution in [0.25, 0.3) is 0 Å². The minimum atomic E-state index is -1.88. The number of hydrogen-bond donors (Lipinski definition) is 0. The fourth-order valence-corrected chi connectivity index (χ4v) is 6.03. The molecule has 0 saturated carbocycles. The molecule has 9 heteroatoms. The molecular weight excluding hydrogens is 528 g/mol. The predicted octanol–water partition coefficient (Wildman–Crippen LogP) is 6.16. The molecule has 3 heterocycles. The minimum absolute atomic E-state index is 0.0617. The van der Waals surface area contributed by atoms with Gasteiger partial charge in [-0.2, -0.15) is 0 Å². The third kappa shape index (κ3) is 10.0. The summed E-state index contributed by atoms with van der Waals surface area (Å²) in [5.74, 6) is -0.536. The Kier molecular flexibility index (Phi) is 11.6. The van der Waals surface area contributed by atoms with Gasteiger partial charge in [-0.05, 0) is 56.7 Å². The average Bonchev–Trinajstić information content (AvgIpc) is 3.50. The molecule has 230 valence electrons. The number of fused-ring (bicyclic) bond motifs is 2. The molecule has 0 amide bonds. The van der Waals surface area contributed by atoms with E-state index in [1.54, 1.807) is 7.11 Å². The second-order valence-corrected chi connectivity index (χ2v) is 18.7. The molecule has 0 radical (unpaired) electrons. The molecule has 0 aromatic carbocycles. The van der Waals surface area contributed by atoms with Crippen LogP contribution >= 0.6 is 0 Å². The molecule has 8 nitrogen and oxygen atoms in total. The van der Waals surface area contributed by atoms with Gasteiger partial charge in [-0.25, -0.2) is 0 Å². The maximum absolute atomic E-state index is 13.1. The van der Waals surface area contributed by atoms with Gasteiger partial charge in [0.15, 0.2) is 14.1 Å². The minimum Gasteiger partial charge on any atom is -0.459 e. The summed E-state index contributed by atoms with van der Waals surface area (Å²) in [4.78, 5) is 13.1. The highest BCUT2D eigenvalue weighted by Crippen LogP contribution is 2.38. The summed E-state index contributed by atoms with van der Waals surface area (Å²) in [5.41, 5.74) is 0. The lowest BCUT2D eigenvalue weighted by Gasteiger charge is -2.37. The topological polar surface area (TPSA) is 85.0 Å². The van der Waals surface area contributed by atoms with Gasteiger partial charge >= 0.3 is 5.97 Å². The van der Waals surface area contributed by atoms with E-state index in [1.807, 2.05) is 32.1 Å². The Hall–Kier alpha value is -1.07. The lowest BCUT2D eigenvalue weighted by molar-refractivity contribution is -0.169. The van der Waals surface area contributed by atoms with Gasteiger partial charge in [-0.3, -0.25) is 4.79 Å². The number of hydrogen-bond acceptors (Lipinski definition) is 8. The van der Waals surface area contributed by atoms with Gasteiger partial charge in [-0.1, -0.05) is 58.9 Å². The lowest BCUT2D eigenvalue weighted by Crippen LogP contribution is -2.42. The molecule has 0 spiro atoms. The van der Waals surface area contributed by atoms with Crippen molar-refractivity contribution in [2.45, 2.75) is 135 Å². The summed E-state index contributed by atoms with van der Waals surface area (Å²) >= 11 is 0. The van der Waals surface area contributed by atoms with Crippen LogP contribution in [-0.2, 0) is 37.6 Å². The summed E-state index contributed by atoms with van der Waals surface area (Å²) in [6, 6.07) is 0. The molecule has 0 aromatic heterocycles. The number of carbonyl (C=O) groups excluding carboxylic acids is 1. The molecule has 0 aliphatic carbocycles. The second-order valence-electron chi connectivity index (χ2n) is 13.8. The maximum atomic E-state index is 13.1. The van der Waals surface area contributed by atoms with E-state index >= 15 is 0 Å². The van der Waals surface area contributed by atoms with Crippen molar-refractivity contribution in [2.75, 3.05) is 20.5 Å². The molecule has 3 aliphatic rings. The van der Waals surface area contributed by atoms with Crippen molar-refractivity contribution in [1.29, 1.82) is 0 Å². The second kappa shape index (κ2) is 13.9. The third-order valence-corrected chi connectivity index (χ3v) is 12.9. The highest BCUT2D eigenvalue weighted by atomic mass is 28.4. The van der Waals surface area contributed by atoms with Crippen molar-refractivity contribution in [3.8, 4) is 0 Å². The number of cyclic esters (lactones) is 1.